The third-order valence-electron chi connectivity index (χ3n) is 6.45. The van der Waals surface area contributed by atoms with Crippen LogP contribution in [0.25, 0.3) is 0 Å². The second-order valence-corrected chi connectivity index (χ2v) is 10.3. The summed E-state index contributed by atoms with van der Waals surface area (Å²) in [7, 11) is 7.48. The number of unbranched alkanes of at least 4 members (excludes halogenated alkanes) is 12. The van der Waals surface area contributed by atoms with Crippen LogP contribution in [0.3, 0.4) is 0 Å². The normalized spacial score (nSPS) is 14.1. The summed E-state index contributed by atoms with van der Waals surface area (Å²) in [5.74, 6) is -0.218. The summed E-state index contributed by atoms with van der Waals surface area (Å²) < 4.78 is 10.7. The minimum absolute atomic E-state index is 0.164. The summed E-state index contributed by atoms with van der Waals surface area (Å²) in [6.45, 7) is 9.06. The molecule has 2 unspecified atom stereocenters. The minimum Gasteiger partial charge on any atom is -0.481 e. The molecule has 0 saturated heterocycles. The van der Waals surface area contributed by atoms with Crippen LogP contribution in [0.1, 0.15) is 124 Å². The lowest BCUT2D eigenvalue weighted by Crippen LogP contribution is -2.50. The van der Waals surface area contributed by atoms with Gasteiger partial charge in [0, 0.05) is 14.2 Å². The van der Waals surface area contributed by atoms with E-state index >= 15 is 0 Å². The van der Waals surface area contributed by atoms with Crippen molar-refractivity contribution in [1.82, 2.24) is 4.90 Å². The van der Waals surface area contributed by atoms with Gasteiger partial charge < -0.3 is 14.6 Å². The average Bonchev–Trinajstić information content (AvgIpc) is 2.76. The Morgan fingerprint density at radius 1 is 0.818 bits per heavy atom. The Hall–Kier alpha value is -0.650. The third kappa shape index (κ3) is 20.4. The van der Waals surface area contributed by atoms with E-state index in [0.717, 1.165) is 19.3 Å². The summed E-state index contributed by atoms with van der Waals surface area (Å²) in [5, 5.41) is 8.77. The molecule has 0 rings (SSSR count). The van der Waals surface area contributed by atoms with Crippen LogP contribution in [-0.2, 0) is 14.3 Å². The molecule has 33 heavy (non-hydrogen) atoms. The Morgan fingerprint density at radius 2 is 1.24 bits per heavy atom. The lowest BCUT2D eigenvalue weighted by atomic mass is 10.00. The summed E-state index contributed by atoms with van der Waals surface area (Å²) in [5.41, 5.74) is -0.275. The van der Waals surface area contributed by atoms with Gasteiger partial charge in [-0.2, -0.15) is 0 Å². The number of hydrogen-bond acceptors (Lipinski definition) is 4. The molecular formula is C28H59NO4. The number of carboxylic acids is 1. The second kappa shape index (κ2) is 23.1. The molecule has 0 aliphatic carbocycles. The van der Waals surface area contributed by atoms with Crippen LogP contribution in [0.4, 0.5) is 0 Å². The minimum atomic E-state index is -0.649. The van der Waals surface area contributed by atoms with E-state index in [1.54, 1.807) is 14.2 Å². The fourth-order valence-electron chi connectivity index (χ4n) is 4.15. The van der Waals surface area contributed by atoms with E-state index in [0.29, 0.717) is 12.5 Å². The van der Waals surface area contributed by atoms with Crippen molar-refractivity contribution in [3.8, 4) is 0 Å². The Bertz CT molecular complexity index is 428. The van der Waals surface area contributed by atoms with Gasteiger partial charge in [-0.3, -0.25) is 9.69 Å². The maximum Gasteiger partial charge on any atom is 0.306 e. The molecule has 0 aliphatic heterocycles. The standard InChI is InChI=1S/C18H36O2.C10H23NO2/c1-3-4-5-6-7-8-9-10-11-12-13-14-15-16-17(2)18(19)20;1-9(2)7-10(13-6,8-12-5)11(3)4/h17H,3-16H2,1-2H3,(H,19,20);9H,7-8H2,1-6H3. The van der Waals surface area contributed by atoms with Crippen molar-refractivity contribution >= 4 is 5.97 Å². The fraction of sp³-hybridized carbons (Fsp3) is 0.964. The first kappa shape index (κ1) is 34.5. The molecule has 0 fully saturated rings. The van der Waals surface area contributed by atoms with Gasteiger partial charge in [-0.15, -0.1) is 0 Å². The van der Waals surface area contributed by atoms with Crippen LogP contribution in [0.5, 0.6) is 0 Å². The number of aliphatic carboxylic acids is 1. The van der Waals surface area contributed by atoms with Gasteiger partial charge in [0.2, 0.25) is 0 Å². The number of carboxylic acid groups (broad SMARTS) is 1. The molecule has 5 heteroatoms. The monoisotopic (exact) mass is 473 g/mol. The van der Waals surface area contributed by atoms with Crippen molar-refractivity contribution in [3.05, 3.63) is 0 Å². The number of likely N-dealkylation sites (N-methyl/N-ethyl adjacent to an activating group) is 1. The molecule has 0 amide bonds. The highest BCUT2D eigenvalue weighted by Crippen LogP contribution is 2.23. The third-order valence-corrected chi connectivity index (χ3v) is 6.45. The number of rotatable bonds is 21. The zero-order chi connectivity index (χ0) is 25.5. The first-order valence-electron chi connectivity index (χ1n) is 13.6. The van der Waals surface area contributed by atoms with E-state index in [9.17, 15) is 4.79 Å². The fourth-order valence-corrected chi connectivity index (χ4v) is 4.15. The van der Waals surface area contributed by atoms with Crippen molar-refractivity contribution < 1.29 is 19.4 Å². The van der Waals surface area contributed by atoms with Crippen LogP contribution >= 0.6 is 0 Å². The van der Waals surface area contributed by atoms with Crippen molar-refractivity contribution in [2.45, 2.75) is 130 Å². The first-order chi connectivity index (χ1) is 15.7. The highest BCUT2D eigenvalue weighted by Gasteiger charge is 2.33. The molecule has 0 aromatic rings. The molecule has 1 N–H and O–H groups in total. The van der Waals surface area contributed by atoms with Crippen molar-refractivity contribution in [2.75, 3.05) is 34.9 Å². The summed E-state index contributed by atoms with van der Waals surface area (Å²) in [6.07, 6.45) is 19.3. The summed E-state index contributed by atoms with van der Waals surface area (Å²) in [4.78, 5) is 12.7. The van der Waals surface area contributed by atoms with Gasteiger partial charge in [0.05, 0.1) is 12.5 Å². The molecule has 0 radical (unpaired) electrons. The lowest BCUT2D eigenvalue weighted by Gasteiger charge is -2.39. The molecule has 5 nitrogen and oxygen atoms in total. The molecule has 0 aliphatic rings. The topological polar surface area (TPSA) is 59.0 Å². The Labute approximate surface area is 207 Å². The van der Waals surface area contributed by atoms with Gasteiger partial charge in [-0.05, 0) is 32.9 Å². The van der Waals surface area contributed by atoms with E-state index < -0.39 is 5.97 Å². The summed E-state index contributed by atoms with van der Waals surface area (Å²) >= 11 is 0. The molecule has 0 heterocycles. The van der Waals surface area contributed by atoms with Gasteiger partial charge >= 0.3 is 5.97 Å². The number of hydrogen-bond donors (Lipinski definition) is 1. The quantitative estimate of drug-likeness (QED) is 0.136. The van der Waals surface area contributed by atoms with Gasteiger partial charge in [0.15, 0.2) is 0 Å². The van der Waals surface area contributed by atoms with Crippen molar-refractivity contribution in [3.63, 3.8) is 0 Å². The maximum atomic E-state index is 10.6. The zero-order valence-electron chi connectivity index (χ0n) is 23.6. The molecule has 2 atom stereocenters. The summed E-state index contributed by atoms with van der Waals surface area (Å²) in [6, 6.07) is 0. The van der Waals surface area contributed by atoms with Gasteiger partial charge in [-0.1, -0.05) is 111 Å². The maximum absolute atomic E-state index is 10.6. The van der Waals surface area contributed by atoms with Gasteiger partial charge in [-0.25, -0.2) is 0 Å². The van der Waals surface area contributed by atoms with E-state index in [4.69, 9.17) is 14.6 Å². The second-order valence-electron chi connectivity index (χ2n) is 10.3. The van der Waals surface area contributed by atoms with E-state index in [-0.39, 0.29) is 11.6 Å². The van der Waals surface area contributed by atoms with Crippen LogP contribution in [0.2, 0.25) is 0 Å². The van der Waals surface area contributed by atoms with Crippen molar-refractivity contribution in [1.29, 1.82) is 0 Å². The first-order valence-corrected chi connectivity index (χ1v) is 13.6. The number of nitrogens with zero attached hydrogens (tertiary/aromatic N) is 1. The van der Waals surface area contributed by atoms with Crippen LogP contribution in [-0.4, -0.2) is 56.6 Å². The molecule has 0 aromatic carbocycles. The smallest absolute Gasteiger partial charge is 0.306 e. The van der Waals surface area contributed by atoms with Crippen LogP contribution in [0.15, 0.2) is 0 Å². The molecule has 0 bridgehead atoms. The molecule has 200 valence electrons. The Morgan fingerprint density at radius 3 is 1.55 bits per heavy atom. The predicted molar refractivity (Wildman–Crippen MR) is 142 cm³/mol. The SMILES string of the molecule is CCCCCCCCCCCCCCCC(C)C(=O)O.COCC(CC(C)C)(OC)N(C)C. The number of methoxy groups -OCH3 is 2. The predicted octanol–water partition coefficient (Wildman–Crippen LogP) is 7.77. The van der Waals surface area contributed by atoms with E-state index in [2.05, 4.69) is 25.7 Å². The van der Waals surface area contributed by atoms with E-state index in [1.165, 1.54) is 77.0 Å². The highest BCUT2D eigenvalue weighted by atomic mass is 16.5. The van der Waals surface area contributed by atoms with Gasteiger partial charge in [0.25, 0.3) is 0 Å². The number of carbonyl (C=O) groups is 1. The highest BCUT2D eigenvalue weighted by molar-refractivity contribution is 5.69. The largest absolute Gasteiger partial charge is 0.481 e. The van der Waals surface area contributed by atoms with Crippen molar-refractivity contribution in [2.24, 2.45) is 11.8 Å². The average molecular weight is 474 g/mol. The molecule has 0 aromatic heterocycles. The zero-order valence-corrected chi connectivity index (χ0v) is 23.6. The number of ether oxygens (including phenoxy) is 2. The van der Waals surface area contributed by atoms with E-state index in [1.807, 2.05) is 21.0 Å². The Balaban J connectivity index is 0. The van der Waals surface area contributed by atoms with Gasteiger partial charge in [0.1, 0.15) is 5.72 Å². The molecule has 0 spiro atoms. The van der Waals surface area contributed by atoms with Crippen LogP contribution < -0.4 is 0 Å². The van der Waals surface area contributed by atoms with Crippen LogP contribution in [0, 0.1) is 11.8 Å². The Kier molecular flexibility index (Phi) is 24.2. The molecular weight excluding hydrogens is 414 g/mol. The lowest BCUT2D eigenvalue weighted by molar-refractivity contribution is -0.160. The molecule has 0 saturated carbocycles.